The maximum atomic E-state index is 0. The van der Waals surface area contributed by atoms with Gasteiger partial charge in [0.15, 0.2) is 0 Å². The molecule has 0 atom stereocenters. The minimum atomic E-state index is 0. The molecule has 0 saturated heterocycles. The summed E-state index contributed by atoms with van der Waals surface area (Å²) in [7, 11) is 0. The normalized spacial score (nSPS) is 0. The van der Waals surface area contributed by atoms with Crippen LogP contribution in [0.15, 0.2) is 0 Å². The second-order valence-corrected chi connectivity index (χ2v) is 0. The largest absolute Gasteiger partial charge is 2.00 e. The summed E-state index contributed by atoms with van der Waals surface area (Å²) < 4.78 is 0. The van der Waals surface area contributed by atoms with Gasteiger partial charge in [-0.05, 0) is 0 Å². The molecule has 0 aromatic rings. The van der Waals surface area contributed by atoms with Gasteiger partial charge in [-0.15, -0.1) is 0 Å². The standard InChI is InChI=1S/Ag.Mo.3O/q;;3*-2. The van der Waals surface area contributed by atoms with Crippen molar-refractivity contribution in [2.75, 3.05) is 0 Å². The average Bonchev–Trinajstić information content (AvgIpc) is 0. The molecule has 0 spiro atoms. The van der Waals surface area contributed by atoms with Crippen LogP contribution in [0.2, 0.25) is 0 Å². The maximum Gasteiger partial charge on any atom is 0 e. The zero-order valence-corrected chi connectivity index (χ0v) is 5.42. The molecule has 0 aromatic heterocycles. The van der Waals surface area contributed by atoms with Crippen LogP contribution < -0.4 is 0 Å². The molecule has 0 heterocycles. The molecule has 3 nitrogen and oxygen atoms in total. The van der Waals surface area contributed by atoms with Gasteiger partial charge < -0.3 is 16.4 Å². The molecule has 0 unspecified atom stereocenters. The minimum absolute atomic E-state index is 0. The van der Waals surface area contributed by atoms with E-state index in [1.807, 2.05) is 0 Å². The zero-order valence-electron chi connectivity index (χ0n) is 1.93. The summed E-state index contributed by atoms with van der Waals surface area (Å²) in [5.41, 5.74) is 0. The van der Waals surface area contributed by atoms with E-state index in [1.54, 1.807) is 0 Å². The molecule has 1 radical (unpaired) electrons. The molecule has 0 N–H and O–H groups in total. The first-order valence-corrected chi connectivity index (χ1v) is 0. The van der Waals surface area contributed by atoms with Crippen molar-refractivity contribution in [1.29, 1.82) is 0 Å². The van der Waals surface area contributed by atoms with E-state index in [0.29, 0.717) is 0 Å². The van der Waals surface area contributed by atoms with Crippen molar-refractivity contribution in [3.05, 3.63) is 0 Å². The molecule has 0 bridgehead atoms. The number of rotatable bonds is 0. The Bertz CT molecular complexity index is 6.85. The molecule has 0 aliphatic heterocycles. The Morgan fingerprint density at radius 3 is 0.600 bits per heavy atom. The van der Waals surface area contributed by atoms with Gasteiger partial charge in [-0.2, -0.15) is 0 Å². The topological polar surface area (TPSA) is 85.5 Å². The summed E-state index contributed by atoms with van der Waals surface area (Å²) in [5, 5.41) is 0. The van der Waals surface area contributed by atoms with E-state index in [2.05, 4.69) is 0 Å². The van der Waals surface area contributed by atoms with Crippen molar-refractivity contribution in [1.82, 2.24) is 0 Å². The molecule has 5 heteroatoms. The van der Waals surface area contributed by atoms with Crippen molar-refractivity contribution < 1.29 is 59.9 Å². The van der Waals surface area contributed by atoms with E-state index in [0.717, 1.165) is 0 Å². The van der Waals surface area contributed by atoms with Gasteiger partial charge in [-0.3, -0.25) is 0 Å². The Morgan fingerprint density at radius 1 is 0.600 bits per heavy atom. The van der Waals surface area contributed by atoms with Gasteiger partial charge in [0.1, 0.15) is 0 Å². The van der Waals surface area contributed by atoms with Crippen LogP contribution >= 0.6 is 0 Å². The maximum absolute atomic E-state index is 0. The second-order valence-electron chi connectivity index (χ2n) is 0. The van der Waals surface area contributed by atoms with Crippen molar-refractivity contribution in [3.8, 4) is 0 Å². The van der Waals surface area contributed by atoms with Gasteiger partial charge in [0.05, 0.1) is 0 Å². The fourth-order valence-electron chi connectivity index (χ4n) is 0. The van der Waals surface area contributed by atoms with Crippen molar-refractivity contribution >= 4 is 0 Å². The van der Waals surface area contributed by atoms with E-state index in [4.69, 9.17) is 0 Å². The molecule has 0 aliphatic carbocycles. The van der Waals surface area contributed by atoms with Gasteiger partial charge in [0.25, 0.3) is 0 Å². The summed E-state index contributed by atoms with van der Waals surface area (Å²) in [5.74, 6) is 0. The van der Waals surface area contributed by atoms with Gasteiger partial charge >= 0.3 is 0 Å². The Hall–Kier alpha value is 1.31. The Balaban J connectivity index is 0. The first-order chi connectivity index (χ1) is 0. The minimum Gasteiger partial charge on any atom is -2.00 e. The third-order valence-electron chi connectivity index (χ3n) is 0. The fourth-order valence-corrected chi connectivity index (χ4v) is 0. The average molecular weight is 252 g/mol. The Kier molecular flexibility index (Phi) is 1200. The third kappa shape index (κ3) is 33.9. The smallest absolute Gasteiger partial charge is 0 e. The second kappa shape index (κ2) is 57.6. The summed E-state index contributed by atoms with van der Waals surface area (Å²) >= 11 is 0. The first-order valence-electron chi connectivity index (χ1n) is 0. The molecule has 0 rings (SSSR count). The van der Waals surface area contributed by atoms with Gasteiger partial charge in [0.2, 0.25) is 0 Å². The molecule has 41 valence electrons. The first kappa shape index (κ1) is 104. The molecule has 0 amide bonds. The SMILES string of the molecule is [Ag].[Mo].[O-2].[O-2].[O-2]. The van der Waals surface area contributed by atoms with Gasteiger partial charge in [-0.25, -0.2) is 0 Å². The van der Waals surface area contributed by atoms with E-state index in [9.17, 15) is 0 Å². The molecule has 0 aliphatic rings. The van der Waals surface area contributed by atoms with Crippen LogP contribution in [0.1, 0.15) is 0 Å². The van der Waals surface area contributed by atoms with Gasteiger partial charge in [-0.1, -0.05) is 0 Å². The van der Waals surface area contributed by atoms with Crippen LogP contribution in [0, 0.1) is 0 Å². The van der Waals surface area contributed by atoms with Crippen LogP contribution in [0.4, 0.5) is 0 Å². The molecule has 0 saturated carbocycles. The van der Waals surface area contributed by atoms with E-state index >= 15 is 0 Å². The van der Waals surface area contributed by atoms with E-state index in [1.165, 1.54) is 0 Å². The van der Waals surface area contributed by atoms with Crippen LogP contribution in [-0.4, -0.2) is 0 Å². The predicted octanol–water partition coefficient (Wildman–Crippen LogP) is -0.361. The van der Waals surface area contributed by atoms with Crippen molar-refractivity contribution in [3.63, 3.8) is 0 Å². The summed E-state index contributed by atoms with van der Waals surface area (Å²) in [6.45, 7) is 0. The van der Waals surface area contributed by atoms with Crippen LogP contribution in [0.25, 0.3) is 0 Å². The fraction of sp³-hybridized carbons (Fsp3) is 0. The summed E-state index contributed by atoms with van der Waals surface area (Å²) in [6, 6.07) is 0. The number of hydrogen-bond donors (Lipinski definition) is 0. The molecule has 0 aromatic carbocycles. The van der Waals surface area contributed by atoms with Crippen molar-refractivity contribution in [2.45, 2.75) is 0 Å². The molecular weight excluding hydrogens is 252 g/mol. The van der Waals surface area contributed by atoms with Gasteiger partial charge in [0, 0.05) is 43.4 Å². The van der Waals surface area contributed by atoms with Crippen LogP contribution in [0.5, 0.6) is 0 Å². The van der Waals surface area contributed by atoms with E-state index in [-0.39, 0.29) is 59.9 Å². The van der Waals surface area contributed by atoms with Crippen LogP contribution in [0.3, 0.4) is 0 Å². The van der Waals surface area contributed by atoms with Crippen molar-refractivity contribution in [2.24, 2.45) is 0 Å². The quantitative estimate of drug-likeness (QED) is 0.527. The third-order valence-corrected chi connectivity index (χ3v) is 0. The van der Waals surface area contributed by atoms with Crippen LogP contribution in [-0.2, 0) is 59.9 Å². The molecule has 5 heavy (non-hydrogen) atoms. The van der Waals surface area contributed by atoms with E-state index < -0.39 is 0 Å². The predicted molar refractivity (Wildman–Crippen MR) is 2.06 cm³/mol. The number of hydrogen-bond acceptors (Lipinski definition) is 0. The summed E-state index contributed by atoms with van der Waals surface area (Å²) in [6.07, 6.45) is 0. The Morgan fingerprint density at radius 2 is 0.600 bits per heavy atom. The molecule has 0 fully saturated rings. The Labute approximate surface area is 59.8 Å². The zero-order chi connectivity index (χ0) is 0. The monoisotopic (exact) mass is 253 g/mol. The molecular formula is AgMoO3-6. The summed E-state index contributed by atoms with van der Waals surface area (Å²) in [4.78, 5) is 0.